The normalized spacial score (nSPS) is 16.6. The monoisotopic (exact) mass is 591 g/mol. The summed E-state index contributed by atoms with van der Waals surface area (Å²) in [7, 11) is 0. The summed E-state index contributed by atoms with van der Waals surface area (Å²) in [6.45, 7) is 20.1. The molecule has 1 aliphatic carbocycles. The number of quaternary nitrogens is 1. The molecule has 236 valence electrons. The van der Waals surface area contributed by atoms with E-state index in [0.717, 1.165) is 105 Å². The quantitative estimate of drug-likeness (QED) is 0.118. The molecule has 1 fully saturated rings. The molecular formula is C36H55N4O3+. The van der Waals surface area contributed by atoms with Gasteiger partial charge in [0.15, 0.2) is 19.0 Å². The zero-order valence-electron chi connectivity index (χ0n) is 27.2. The summed E-state index contributed by atoms with van der Waals surface area (Å²) in [5.41, 5.74) is 5.06. The molecule has 0 radical (unpaired) electrons. The largest absolute Gasteiger partial charge is 0.474 e. The maximum Gasteiger partial charge on any atom is 0.279 e. The topological polar surface area (TPSA) is 79.5 Å². The van der Waals surface area contributed by atoms with Gasteiger partial charge in [-0.15, -0.1) is 0 Å². The highest BCUT2D eigenvalue weighted by atomic mass is 16.5. The Labute approximate surface area is 260 Å². The zero-order chi connectivity index (χ0) is 31.3. The number of likely N-dealkylation sites (tertiary alicyclic amines) is 1. The predicted octanol–water partition coefficient (Wildman–Crippen LogP) is 6.41. The van der Waals surface area contributed by atoms with E-state index < -0.39 is 0 Å². The van der Waals surface area contributed by atoms with Gasteiger partial charge < -0.3 is 25.2 Å². The lowest BCUT2D eigenvalue weighted by atomic mass is 9.99. The first-order valence-corrected chi connectivity index (χ1v) is 16.1. The summed E-state index contributed by atoms with van der Waals surface area (Å²) in [4.78, 5) is 26.6. The second-order valence-electron chi connectivity index (χ2n) is 13.3. The summed E-state index contributed by atoms with van der Waals surface area (Å²) in [5.74, 6) is 0.605. The fourth-order valence-electron chi connectivity index (χ4n) is 5.99. The van der Waals surface area contributed by atoms with E-state index >= 15 is 0 Å². The number of benzene rings is 1. The second kappa shape index (κ2) is 16.5. The summed E-state index contributed by atoms with van der Waals surface area (Å²) < 4.78 is 6.24. The number of nitrogens with zero attached hydrogens (tertiary/aromatic N) is 1. The van der Waals surface area contributed by atoms with Gasteiger partial charge in [-0.25, -0.2) is 0 Å². The van der Waals surface area contributed by atoms with Gasteiger partial charge in [-0.2, -0.15) is 0 Å². The highest BCUT2D eigenvalue weighted by Crippen LogP contribution is 2.31. The van der Waals surface area contributed by atoms with E-state index in [0.29, 0.717) is 30.0 Å². The number of ether oxygens (including phenoxy) is 1. The second-order valence-corrected chi connectivity index (χ2v) is 13.3. The van der Waals surface area contributed by atoms with Crippen LogP contribution < -0.4 is 16.0 Å². The highest BCUT2D eigenvalue weighted by molar-refractivity contribution is 5.82. The molecule has 1 aliphatic heterocycles. The number of carbonyl (C=O) groups excluding carboxylic acids is 2. The van der Waals surface area contributed by atoms with Crippen LogP contribution in [0.25, 0.3) is 0 Å². The van der Waals surface area contributed by atoms with Gasteiger partial charge in [-0.3, -0.25) is 9.59 Å². The summed E-state index contributed by atoms with van der Waals surface area (Å²) in [6.07, 6.45) is 11.4. The van der Waals surface area contributed by atoms with E-state index in [-0.39, 0.29) is 17.4 Å². The van der Waals surface area contributed by atoms with Crippen LogP contribution in [0.2, 0.25) is 0 Å². The minimum Gasteiger partial charge on any atom is -0.474 e. The van der Waals surface area contributed by atoms with Gasteiger partial charge in [0.05, 0.1) is 13.1 Å². The van der Waals surface area contributed by atoms with Crippen molar-refractivity contribution < 1.29 is 18.8 Å². The standard InChI is InChI=1S/C36H54N4O3/c1-28(17-11-10-14-22-37-30(3)43-36(4,5)6)32-21-20-29(2)35(32)39-34(42)27-40(23-15-7-8-16-24-40)26-33(41)38-25-31-18-12-9-13-19-31/h9,12-13,18-20,37H,1,3,7-8,10-11,14-17,21-27H2,2,4-6H3,(H-,38,39,41,42)/p+1. The Morgan fingerprint density at radius 3 is 2.26 bits per heavy atom. The Balaban J connectivity index is 1.52. The van der Waals surface area contributed by atoms with Crippen molar-refractivity contribution in [2.45, 2.75) is 97.6 Å². The third-order valence-corrected chi connectivity index (χ3v) is 8.21. The van der Waals surface area contributed by atoms with Crippen LogP contribution >= 0.6 is 0 Å². The van der Waals surface area contributed by atoms with Crippen LogP contribution in [0, 0.1) is 0 Å². The molecule has 1 aromatic carbocycles. The van der Waals surface area contributed by atoms with Crippen LogP contribution in [0.4, 0.5) is 0 Å². The number of carbonyl (C=O) groups is 2. The number of hydrogen-bond donors (Lipinski definition) is 3. The molecule has 43 heavy (non-hydrogen) atoms. The fraction of sp³-hybridized carbons (Fsp3) is 0.556. The molecule has 0 atom stereocenters. The van der Waals surface area contributed by atoms with Crippen molar-refractivity contribution in [3.63, 3.8) is 0 Å². The van der Waals surface area contributed by atoms with Crippen molar-refractivity contribution in [2.24, 2.45) is 0 Å². The van der Waals surface area contributed by atoms with Crippen molar-refractivity contribution in [3.05, 3.63) is 83.4 Å². The fourth-order valence-corrected chi connectivity index (χ4v) is 5.99. The lowest BCUT2D eigenvalue weighted by Crippen LogP contribution is -2.57. The van der Waals surface area contributed by atoms with Crippen molar-refractivity contribution in [3.8, 4) is 0 Å². The van der Waals surface area contributed by atoms with Crippen LogP contribution in [-0.4, -0.2) is 54.6 Å². The van der Waals surface area contributed by atoms with Gasteiger partial charge >= 0.3 is 0 Å². The van der Waals surface area contributed by atoms with Crippen molar-refractivity contribution in [1.82, 2.24) is 16.0 Å². The molecule has 3 rings (SSSR count). The van der Waals surface area contributed by atoms with E-state index in [1.54, 1.807) is 0 Å². The third kappa shape index (κ3) is 12.1. The average Bonchev–Trinajstić information content (AvgIpc) is 3.14. The Kier molecular flexibility index (Phi) is 13.1. The molecule has 0 saturated carbocycles. The zero-order valence-corrected chi connectivity index (χ0v) is 27.2. The van der Waals surface area contributed by atoms with Gasteiger partial charge in [-0.05, 0) is 108 Å². The van der Waals surface area contributed by atoms with Gasteiger partial charge in [0.2, 0.25) is 0 Å². The Bertz CT molecular complexity index is 1170. The van der Waals surface area contributed by atoms with Crippen molar-refractivity contribution >= 4 is 11.8 Å². The molecule has 0 aromatic heterocycles. The van der Waals surface area contributed by atoms with E-state index in [2.05, 4.69) is 42.1 Å². The van der Waals surface area contributed by atoms with Gasteiger partial charge in [0.25, 0.3) is 11.8 Å². The molecular weight excluding hydrogens is 536 g/mol. The summed E-state index contributed by atoms with van der Waals surface area (Å²) in [5, 5.41) is 9.59. The molecule has 7 heteroatoms. The van der Waals surface area contributed by atoms with Crippen LogP contribution in [0.1, 0.15) is 91.0 Å². The van der Waals surface area contributed by atoms with Crippen LogP contribution in [0.3, 0.4) is 0 Å². The van der Waals surface area contributed by atoms with Crippen molar-refractivity contribution in [1.29, 1.82) is 0 Å². The highest BCUT2D eigenvalue weighted by Gasteiger charge is 2.34. The van der Waals surface area contributed by atoms with Gasteiger partial charge in [-0.1, -0.05) is 49.4 Å². The maximum absolute atomic E-state index is 13.6. The summed E-state index contributed by atoms with van der Waals surface area (Å²) >= 11 is 0. The molecule has 0 spiro atoms. The number of allylic oxidation sites excluding steroid dienone is 4. The van der Waals surface area contributed by atoms with Crippen LogP contribution in [0.5, 0.6) is 0 Å². The number of rotatable bonds is 16. The minimum absolute atomic E-state index is 0.00465. The Morgan fingerprint density at radius 2 is 1.58 bits per heavy atom. The Morgan fingerprint density at radius 1 is 0.907 bits per heavy atom. The number of nitrogens with one attached hydrogen (secondary N) is 3. The van der Waals surface area contributed by atoms with E-state index in [1.165, 1.54) is 0 Å². The molecule has 2 aliphatic rings. The molecule has 2 amide bonds. The van der Waals surface area contributed by atoms with Crippen LogP contribution in [-0.2, 0) is 20.9 Å². The molecule has 3 N–H and O–H groups in total. The number of amides is 2. The van der Waals surface area contributed by atoms with Gasteiger partial charge in [0.1, 0.15) is 5.60 Å². The first-order chi connectivity index (χ1) is 20.5. The minimum atomic E-state index is -0.247. The third-order valence-electron chi connectivity index (χ3n) is 8.21. The van der Waals surface area contributed by atoms with E-state index in [1.807, 2.05) is 51.1 Å². The SMILES string of the molecule is C=C(NCCCCCC(=C)C1=C(NC(=O)C[N+]2(CC(=O)NCc3ccccc3)CCCCCC2)C(C)=CC1)OC(C)(C)C. The average molecular weight is 592 g/mol. The van der Waals surface area contributed by atoms with E-state index in [9.17, 15) is 9.59 Å². The first-order valence-electron chi connectivity index (χ1n) is 16.1. The predicted molar refractivity (Wildman–Crippen MR) is 176 cm³/mol. The lowest BCUT2D eigenvalue weighted by Gasteiger charge is -2.36. The van der Waals surface area contributed by atoms with Crippen LogP contribution in [0.15, 0.2) is 77.9 Å². The Hall–Kier alpha value is -3.32. The maximum atomic E-state index is 13.6. The molecule has 0 unspecified atom stereocenters. The van der Waals surface area contributed by atoms with E-state index in [4.69, 9.17) is 4.74 Å². The molecule has 7 nitrogen and oxygen atoms in total. The number of unbranched alkanes of at least 4 members (excludes halogenated alkanes) is 2. The molecule has 1 saturated heterocycles. The lowest BCUT2D eigenvalue weighted by molar-refractivity contribution is -0.912. The van der Waals surface area contributed by atoms with Gasteiger partial charge in [0, 0.05) is 18.8 Å². The summed E-state index contributed by atoms with van der Waals surface area (Å²) in [6, 6.07) is 9.96. The molecule has 0 bridgehead atoms. The molecule has 1 heterocycles. The van der Waals surface area contributed by atoms with Crippen molar-refractivity contribution in [2.75, 3.05) is 32.7 Å². The first kappa shape index (κ1) is 34.2. The number of hydrogen-bond acceptors (Lipinski definition) is 4. The molecule has 1 aromatic rings. The smallest absolute Gasteiger partial charge is 0.279 e.